The fraction of sp³-hybridized carbons (Fsp3) is 0.294. The number of nitrogens with zero attached hydrogens (tertiary/aromatic N) is 2. The number of nitrogens with two attached hydrogens (primary N) is 1. The molecule has 0 fully saturated rings. The first-order valence-electron chi connectivity index (χ1n) is 7.82. The van der Waals surface area contributed by atoms with Crippen LogP contribution in [0.25, 0.3) is 0 Å². The van der Waals surface area contributed by atoms with Crippen LogP contribution in [-0.4, -0.2) is 45.3 Å². The van der Waals surface area contributed by atoms with Gasteiger partial charge in [-0.2, -0.15) is 0 Å². The normalized spacial score (nSPS) is 11.5. The minimum absolute atomic E-state index is 0. The monoisotopic (exact) mass is 490 g/mol. The van der Waals surface area contributed by atoms with Crippen LogP contribution in [0.4, 0.5) is 0 Å². The van der Waals surface area contributed by atoms with Crippen LogP contribution in [0.3, 0.4) is 0 Å². The lowest BCUT2D eigenvalue weighted by molar-refractivity contribution is 0.322. The van der Waals surface area contributed by atoms with Gasteiger partial charge in [-0.25, -0.2) is 8.42 Å². The van der Waals surface area contributed by atoms with E-state index in [1.165, 1.54) is 18.4 Å². The summed E-state index contributed by atoms with van der Waals surface area (Å²) in [7, 11) is -3.19. The molecule has 0 aliphatic rings. The molecule has 0 saturated carbocycles. The van der Waals surface area contributed by atoms with Crippen LogP contribution >= 0.6 is 24.0 Å². The van der Waals surface area contributed by atoms with Crippen molar-refractivity contribution in [1.82, 2.24) is 10.3 Å². The van der Waals surface area contributed by atoms with Crippen LogP contribution in [0.5, 0.6) is 5.75 Å². The third-order valence-electron chi connectivity index (χ3n) is 3.31. The average Bonchev–Trinajstić information content (AvgIpc) is 2.59. The zero-order valence-corrected chi connectivity index (χ0v) is 17.6. The van der Waals surface area contributed by atoms with E-state index < -0.39 is 9.84 Å². The molecule has 1 heterocycles. The molecule has 0 aliphatic heterocycles. The molecule has 0 amide bonds. The highest BCUT2D eigenvalue weighted by Gasteiger charge is 2.06. The van der Waals surface area contributed by atoms with E-state index in [0.717, 1.165) is 12.1 Å². The predicted molar refractivity (Wildman–Crippen MR) is 113 cm³/mol. The van der Waals surface area contributed by atoms with Gasteiger partial charge in [0.1, 0.15) is 12.4 Å². The Bertz CT molecular complexity index is 797. The van der Waals surface area contributed by atoms with Crippen molar-refractivity contribution in [3.63, 3.8) is 0 Å². The maximum atomic E-state index is 11.4. The van der Waals surface area contributed by atoms with Gasteiger partial charge in [0.05, 0.1) is 11.4 Å². The minimum Gasteiger partial charge on any atom is -0.492 e. The molecule has 0 unspecified atom stereocenters. The zero-order valence-electron chi connectivity index (χ0n) is 14.5. The molecule has 7 nitrogen and oxygen atoms in total. The molecule has 1 aromatic heterocycles. The lowest BCUT2D eigenvalue weighted by atomic mass is 10.3. The Morgan fingerprint density at radius 2 is 1.96 bits per heavy atom. The standard InChI is InChI=1S/C17H22N4O3S.HI/c1-25(22,23)16-7-5-15(6-8-16)24-13-12-21-17(18)20-11-9-14-4-2-3-10-19-14;/h2-8,10H,9,11-13H2,1H3,(H3,18,20,21);1H. The van der Waals surface area contributed by atoms with Crippen LogP contribution in [0, 0.1) is 0 Å². The quantitative estimate of drug-likeness (QED) is 0.252. The molecule has 2 aromatic rings. The van der Waals surface area contributed by atoms with Gasteiger partial charge in [-0.05, 0) is 36.4 Å². The van der Waals surface area contributed by atoms with Crippen LogP contribution in [0.15, 0.2) is 58.5 Å². The first kappa shape index (κ1) is 22.2. The fourth-order valence-electron chi connectivity index (χ4n) is 2.02. The van der Waals surface area contributed by atoms with E-state index >= 15 is 0 Å². The lowest BCUT2D eigenvalue weighted by Gasteiger charge is -2.08. The first-order chi connectivity index (χ1) is 11.9. The van der Waals surface area contributed by atoms with Crippen LogP contribution < -0.4 is 15.8 Å². The van der Waals surface area contributed by atoms with Crippen molar-refractivity contribution < 1.29 is 13.2 Å². The largest absolute Gasteiger partial charge is 0.492 e. The Morgan fingerprint density at radius 3 is 2.58 bits per heavy atom. The van der Waals surface area contributed by atoms with Gasteiger partial charge in [0.15, 0.2) is 15.8 Å². The summed E-state index contributed by atoms with van der Waals surface area (Å²) in [6, 6.07) is 12.0. The number of halogens is 1. The Hall–Kier alpha value is -1.88. The van der Waals surface area contributed by atoms with Gasteiger partial charge in [0.2, 0.25) is 0 Å². The number of rotatable bonds is 8. The smallest absolute Gasteiger partial charge is 0.188 e. The summed E-state index contributed by atoms with van der Waals surface area (Å²) in [5, 5.41) is 2.96. The first-order valence-corrected chi connectivity index (χ1v) is 9.71. The average molecular weight is 490 g/mol. The van der Waals surface area contributed by atoms with Crippen LogP contribution in [0.2, 0.25) is 0 Å². The number of benzene rings is 1. The molecular weight excluding hydrogens is 467 g/mol. The summed E-state index contributed by atoms with van der Waals surface area (Å²) in [5.74, 6) is 0.951. The predicted octanol–water partition coefficient (Wildman–Crippen LogP) is 1.63. The maximum Gasteiger partial charge on any atom is 0.188 e. The molecule has 0 radical (unpaired) electrons. The van der Waals surface area contributed by atoms with Crippen LogP contribution in [-0.2, 0) is 16.3 Å². The highest BCUT2D eigenvalue weighted by molar-refractivity contribution is 14.0. The molecule has 26 heavy (non-hydrogen) atoms. The van der Waals surface area contributed by atoms with E-state index in [9.17, 15) is 8.42 Å². The molecule has 0 aliphatic carbocycles. The van der Waals surface area contributed by atoms with Gasteiger partial charge in [0.25, 0.3) is 0 Å². The molecule has 1 aromatic carbocycles. The van der Waals surface area contributed by atoms with Gasteiger partial charge in [-0.1, -0.05) is 6.07 Å². The number of aromatic nitrogens is 1. The van der Waals surface area contributed by atoms with Crippen molar-refractivity contribution in [3.05, 3.63) is 54.4 Å². The number of pyridine rings is 1. The third kappa shape index (κ3) is 8.00. The highest BCUT2D eigenvalue weighted by Crippen LogP contribution is 2.15. The Labute approximate surface area is 171 Å². The second-order valence-corrected chi connectivity index (χ2v) is 7.37. The minimum atomic E-state index is -3.19. The number of hydrogen-bond donors (Lipinski definition) is 2. The van der Waals surface area contributed by atoms with E-state index in [1.807, 2.05) is 18.2 Å². The van der Waals surface area contributed by atoms with Gasteiger partial charge in [-0.15, -0.1) is 24.0 Å². The van der Waals surface area contributed by atoms with Crippen LogP contribution in [0.1, 0.15) is 5.69 Å². The fourth-order valence-corrected chi connectivity index (χ4v) is 2.65. The zero-order chi connectivity index (χ0) is 18.1. The summed E-state index contributed by atoms with van der Waals surface area (Å²) < 4.78 is 28.3. The number of sulfone groups is 1. The van der Waals surface area contributed by atoms with Gasteiger partial charge in [-0.3, -0.25) is 9.98 Å². The van der Waals surface area contributed by atoms with Gasteiger partial charge in [0, 0.05) is 31.1 Å². The van der Waals surface area contributed by atoms with Crippen molar-refractivity contribution in [1.29, 1.82) is 0 Å². The second-order valence-electron chi connectivity index (χ2n) is 5.36. The number of guanidine groups is 1. The van der Waals surface area contributed by atoms with Crippen molar-refractivity contribution in [2.75, 3.05) is 26.0 Å². The molecule has 0 saturated heterocycles. The van der Waals surface area contributed by atoms with E-state index in [0.29, 0.717) is 31.4 Å². The Kier molecular flexibility index (Phi) is 9.35. The van der Waals surface area contributed by atoms with Crippen molar-refractivity contribution in [2.45, 2.75) is 11.3 Å². The van der Waals surface area contributed by atoms with Crippen molar-refractivity contribution in [3.8, 4) is 5.75 Å². The number of hydrogen-bond acceptors (Lipinski definition) is 5. The second kappa shape index (κ2) is 11.0. The van der Waals surface area contributed by atoms with E-state index in [-0.39, 0.29) is 28.9 Å². The summed E-state index contributed by atoms with van der Waals surface area (Å²) in [5.41, 5.74) is 6.75. The van der Waals surface area contributed by atoms with E-state index in [1.54, 1.807) is 18.3 Å². The molecule has 142 valence electrons. The van der Waals surface area contributed by atoms with Gasteiger partial charge >= 0.3 is 0 Å². The summed E-state index contributed by atoms with van der Waals surface area (Å²) in [6.45, 7) is 1.44. The molecule has 0 atom stereocenters. The molecule has 3 N–H and O–H groups in total. The molecular formula is C17H23IN4O3S. The Balaban J connectivity index is 0.00000338. The SMILES string of the molecule is CS(=O)(=O)c1ccc(OCCNC(N)=NCCc2ccccn2)cc1.I. The Morgan fingerprint density at radius 1 is 1.23 bits per heavy atom. The summed E-state index contributed by atoms with van der Waals surface area (Å²) in [6.07, 6.45) is 3.65. The third-order valence-corrected chi connectivity index (χ3v) is 4.43. The molecule has 2 rings (SSSR count). The summed E-state index contributed by atoms with van der Waals surface area (Å²) >= 11 is 0. The van der Waals surface area contributed by atoms with Crippen molar-refractivity contribution in [2.24, 2.45) is 10.7 Å². The summed E-state index contributed by atoms with van der Waals surface area (Å²) in [4.78, 5) is 8.71. The number of nitrogens with one attached hydrogen (secondary N) is 1. The molecule has 9 heteroatoms. The topological polar surface area (TPSA) is 107 Å². The van der Waals surface area contributed by atoms with E-state index in [4.69, 9.17) is 10.5 Å². The number of ether oxygens (including phenoxy) is 1. The highest BCUT2D eigenvalue weighted by atomic mass is 127. The van der Waals surface area contributed by atoms with E-state index in [2.05, 4.69) is 15.3 Å². The lowest BCUT2D eigenvalue weighted by Crippen LogP contribution is -2.35. The molecule has 0 spiro atoms. The van der Waals surface area contributed by atoms with Crippen molar-refractivity contribution >= 4 is 39.8 Å². The molecule has 0 bridgehead atoms. The van der Waals surface area contributed by atoms with Gasteiger partial charge < -0.3 is 15.8 Å². The maximum absolute atomic E-state index is 11.4. The number of aliphatic imine (C=N–C) groups is 1.